The van der Waals surface area contributed by atoms with Gasteiger partial charge < -0.3 is 4.74 Å². The van der Waals surface area contributed by atoms with E-state index in [-0.39, 0.29) is 17.5 Å². The van der Waals surface area contributed by atoms with Crippen LogP contribution in [0, 0.1) is 22.7 Å². The average molecular weight is 217 g/mol. The average Bonchev–Trinajstić information content (AvgIpc) is 2.54. The lowest BCUT2D eigenvalue weighted by molar-refractivity contribution is -0.113. The molecule has 2 saturated carbocycles. The molecule has 4 fully saturated rings. The highest BCUT2D eigenvalue weighted by Crippen LogP contribution is 2.64. The molecular weight excluding hydrogens is 202 g/mol. The highest BCUT2D eigenvalue weighted by molar-refractivity contribution is 5.88. The van der Waals surface area contributed by atoms with Crippen molar-refractivity contribution in [3.63, 3.8) is 0 Å². The van der Waals surface area contributed by atoms with Crippen LogP contribution in [0.4, 0.5) is 0 Å². The largest absolute Gasteiger partial charge is 0.367 e. The van der Waals surface area contributed by atoms with Gasteiger partial charge in [-0.15, -0.1) is 0 Å². The summed E-state index contributed by atoms with van der Waals surface area (Å²) in [5.41, 5.74) is 0.409. The van der Waals surface area contributed by atoms with Gasteiger partial charge in [-0.1, -0.05) is 0 Å². The minimum absolute atomic E-state index is 0.0226. The van der Waals surface area contributed by atoms with Crippen LogP contribution in [-0.2, 0) is 9.53 Å². The van der Waals surface area contributed by atoms with Crippen molar-refractivity contribution in [1.29, 1.82) is 5.26 Å². The SMILES string of the molecule is CC(=O)C=C1C2OC3(C)CC2CC1(C#N)C3. The third-order valence-electron chi connectivity index (χ3n) is 4.25. The Hall–Kier alpha value is -1.14. The van der Waals surface area contributed by atoms with E-state index in [9.17, 15) is 10.1 Å². The van der Waals surface area contributed by atoms with Crippen LogP contribution in [0.5, 0.6) is 0 Å². The van der Waals surface area contributed by atoms with Gasteiger partial charge in [0.05, 0.1) is 23.2 Å². The maximum absolute atomic E-state index is 11.2. The molecule has 0 amide bonds. The molecule has 16 heavy (non-hydrogen) atoms. The third kappa shape index (κ3) is 1.08. The zero-order chi connectivity index (χ0) is 11.6. The molecule has 0 aromatic heterocycles. The molecule has 2 aliphatic carbocycles. The molecule has 4 bridgehead atoms. The number of ether oxygens (including phenoxy) is 1. The molecular formula is C13H15NO2. The normalized spacial score (nSPS) is 50.9. The highest BCUT2D eigenvalue weighted by Gasteiger charge is 2.65. The molecule has 0 radical (unpaired) electrons. The molecule has 4 unspecified atom stereocenters. The van der Waals surface area contributed by atoms with Crippen LogP contribution in [0.1, 0.15) is 33.1 Å². The fourth-order valence-electron chi connectivity index (χ4n) is 3.96. The minimum Gasteiger partial charge on any atom is -0.367 e. The molecule has 0 spiro atoms. The third-order valence-corrected chi connectivity index (χ3v) is 4.25. The summed E-state index contributed by atoms with van der Waals surface area (Å²) in [6, 6.07) is 2.45. The molecule has 2 saturated heterocycles. The van der Waals surface area contributed by atoms with E-state index in [0.717, 1.165) is 24.8 Å². The van der Waals surface area contributed by atoms with Crippen LogP contribution < -0.4 is 0 Å². The Morgan fingerprint density at radius 2 is 2.38 bits per heavy atom. The van der Waals surface area contributed by atoms with Crippen molar-refractivity contribution < 1.29 is 9.53 Å². The summed E-state index contributed by atoms with van der Waals surface area (Å²) >= 11 is 0. The Kier molecular flexibility index (Phi) is 1.73. The van der Waals surface area contributed by atoms with Crippen molar-refractivity contribution in [3.8, 4) is 6.07 Å². The summed E-state index contributed by atoms with van der Waals surface area (Å²) in [7, 11) is 0. The molecule has 4 rings (SSSR count). The van der Waals surface area contributed by atoms with Gasteiger partial charge in [0.1, 0.15) is 0 Å². The molecule has 4 aliphatic rings. The molecule has 4 atom stereocenters. The number of ketones is 1. The predicted molar refractivity (Wildman–Crippen MR) is 57.4 cm³/mol. The predicted octanol–water partition coefficient (Wildman–Crippen LogP) is 1.98. The van der Waals surface area contributed by atoms with Crippen LogP contribution in [0.15, 0.2) is 11.6 Å². The van der Waals surface area contributed by atoms with E-state index in [1.807, 2.05) is 0 Å². The second-order valence-electron chi connectivity index (χ2n) is 5.74. The number of allylic oxidation sites excluding steroid dienone is 1. The van der Waals surface area contributed by atoms with Gasteiger partial charge in [0.15, 0.2) is 5.78 Å². The summed E-state index contributed by atoms with van der Waals surface area (Å²) in [4.78, 5) is 11.2. The number of nitrogens with zero attached hydrogens (tertiary/aromatic N) is 1. The van der Waals surface area contributed by atoms with Crippen LogP contribution in [0.2, 0.25) is 0 Å². The quantitative estimate of drug-likeness (QED) is 0.631. The molecule has 0 aromatic rings. The second kappa shape index (κ2) is 2.75. The van der Waals surface area contributed by atoms with Crippen molar-refractivity contribution in [2.45, 2.75) is 44.8 Å². The summed E-state index contributed by atoms with van der Waals surface area (Å²) in [6.45, 7) is 3.63. The van der Waals surface area contributed by atoms with Crippen LogP contribution in [0.25, 0.3) is 0 Å². The van der Waals surface area contributed by atoms with Crippen molar-refractivity contribution in [1.82, 2.24) is 0 Å². The highest BCUT2D eigenvalue weighted by atomic mass is 16.5. The fourth-order valence-corrected chi connectivity index (χ4v) is 3.96. The number of rotatable bonds is 1. The van der Waals surface area contributed by atoms with Gasteiger partial charge in [0.2, 0.25) is 0 Å². The lowest BCUT2D eigenvalue weighted by Crippen LogP contribution is -2.41. The van der Waals surface area contributed by atoms with Gasteiger partial charge in [-0.3, -0.25) is 4.79 Å². The Morgan fingerprint density at radius 1 is 1.62 bits per heavy atom. The lowest BCUT2D eigenvalue weighted by atomic mass is 9.68. The molecule has 0 N–H and O–H groups in total. The van der Waals surface area contributed by atoms with E-state index in [4.69, 9.17) is 4.74 Å². The van der Waals surface area contributed by atoms with Gasteiger partial charge >= 0.3 is 0 Å². The Labute approximate surface area is 95.1 Å². The van der Waals surface area contributed by atoms with Crippen LogP contribution in [0.3, 0.4) is 0 Å². The van der Waals surface area contributed by atoms with Gasteiger partial charge in [-0.25, -0.2) is 0 Å². The van der Waals surface area contributed by atoms with Crippen LogP contribution >= 0.6 is 0 Å². The van der Waals surface area contributed by atoms with E-state index in [1.165, 1.54) is 6.92 Å². The standard InChI is InChI=1S/C13H15NO2/c1-8(15)3-10-11-9-4-12(2,16-11)6-13(10,5-9)7-14/h3,9,11H,4-6H2,1-2H3. The lowest BCUT2D eigenvalue weighted by Gasteiger charge is -2.41. The molecule has 3 heteroatoms. The summed E-state index contributed by atoms with van der Waals surface area (Å²) in [5, 5.41) is 9.45. The summed E-state index contributed by atoms with van der Waals surface area (Å²) in [5.74, 6) is 0.471. The first-order valence-corrected chi connectivity index (χ1v) is 5.80. The van der Waals surface area contributed by atoms with Crippen molar-refractivity contribution in [3.05, 3.63) is 11.6 Å². The first-order valence-electron chi connectivity index (χ1n) is 5.80. The van der Waals surface area contributed by atoms with E-state index in [2.05, 4.69) is 13.0 Å². The van der Waals surface area contributed by atoms with Crippen molar-refractivity contribution in [2.24, 2.45) is 11.3 Å². The van der Waals surface area contributed by atoms with Gasteiger partial charge in [-0.05, 0) is 50.7 Å². The smallest absolute Gasteiger partial charge is 0.152 e. The Balaban J connectivity index is 2.10. The van der Waals surface area contributed by atoms with E-state index < -0.39 is 5.41 Å². The number of hydrogen-bond acceptors (Lipinski definition) is 3. The second-order valence-corrected chi connectivity index (χ2v) is 5.74. The Bertz CT molecular complexity index is 447. The summed E-state index contributed by atoms with van der Waals surface area (Å²) in [6.07, 6.45) is 4.34. The molecule has 0 aromatic carbocycles. The zero-order valence-electron chi connectivity index (χ0n) is 9.62. The van der Waals surface area contributed by atoms with Crippen molar-refractivity contribution >= 4 is 5.78 Å². The van der Waals surface area contributed by atoms with E-state index in [0.29, 0.717) is 5.92 Å². The Morgan fingerprint density at radius 3 is 3.00 bits per heavy atom. The maximum atomic E-state index is 11.2. The molecule has 2 aliphatic heterocycles. The van der Waals surface area contributed by atoms with Gasteiger partial charge in [0, 0.05) is 0 Å². The number of hydrogen-bond donors (Lipinski definition) is 0. The fraction of sp³-hybridized carbons (Fsp3) is 0.692. The van der Waals surface area contributed by atoms with Crippen molar-refractivity contribution in [2.75, 3.05) is 0 Å². The topological polar surface area (TPSA) is 50.1 Å². The molecule has 2 heterocycles. The number of carbonyl (C=O) groups is 1. The van der Waals surface area contributed by atoms with Crippen LogP contribution in [-0.4, -0.2) is 17.5 Å². The first kappa shape index (κ1) is 10.0. The zero-order valence-corrected chi connectivity index (χ0v) is 9.62. The number of carbonyl (C=O) groups excluding carboxylic acids is 1. The first-order chi connectivity index (χ1) is 7.48. The van der Waals surface area contributed by atoms with E-state index >= 15 is 0 Å². The molecule has 84 valence electrons. The maximum Gasteiger partial charge on any atom is 0.152 e. The van der Waals surface area contributed by atoms with E-state index in [1.54, 1.807) is 6.08 Å². The molecule has 3 nitrogen and oxygen atoms in total. The summed E-state index contributed by atoms with van der Waals surface area (Å²) < 4.78 is 6.01. The number of nitriles is 1. The van der Waals surface area contributed by atoms with Gasteiger partial charge in [0.25, 0.3) is 0 Å². The monoisotopic (exact) mass is 217 g/mol. The minimum atomic E-state index is -0.410. The van der Waals surface area contributed by atoms with Gasteiger partial charge in [-0.2, -0.15) is 5.26 Å².